The Morgan fingerprint density at radius 2 is 2.00 bits per heavy atom. The zero-order valence-electron chi connectivity index (χ0n) is 8.22. The van der Waals surface area contributed by atoms with Gasteiger partial charge in [-0.05, 0) is 18.9 Å². The highest BCUT2D eigenvalue weighted by Crippen LogP contribution is 2.48. The number of halogens is 2. The highest BCUT2D eigenvalue weighted by Gasteiger charge is 2.46. The highest BCUT2D eigenvalue weighted by molar-refractivity contribution is 5.73. The van der Waals surface area contributed by atoms with Crippen molar-refractivity contribution < 1.29 is 18.3 Å². The van der Waals surface area contributed by atoms with Crippen LogP contribution in [0.15, 0.2) is 12.1 Å². The summed E-state index contributed by atoms with van der Waals surface area (Å²) in [4.78, 5) is 10.8. The quantitative estimate of drug-likeness (QED) is 0.718. The van der Waals surface area contributed by atoms with Crippen molar-refractivity contribution in [3.8, 4) is 5.75 Å². The molecule has 0 unspecified atom stereocenters. The molecular formula is C11H10F2O2. The molecule has 15 heavy (non-hydrogen) atoms. The smallest absolute Gasteiger partial charge is 0.200 e. The molecule has 0 amide bonds. The Kier molecular flexibility index (Phi) is 2.21. The van der Waals surface area contributed by atoms with Gasteiger partial charge in [0.1, 0.15) is 6.29 Å². The van der Waals surface area contributed by atoms with E-state index in [4.69, 9.17) is 0 Å². The number of hydrogen-bond donors (Lipinski definition) is 0. The second-order valence-corrected chi connectivity index (χ2v) is 3.72. The van der Waals surface area contributed by atoms with Crippen molar-refractivity contribution in [2.24, 2.45) is 0 Å². The maximum atomic E-state index is 13.6. The zero-order valence-corrected chi connectivity index (χ0v) is 8.22. The fourth-order valence-corrected chi connectivity index (χ4v) is 1.66. The van der Waals surface area contributed by atoms with E-state index in [2.05, 4.69) is 4.74 Å². The monoisotopic (exact) mass is 212 g/mol. The molecule has 1 aromatic rings. The summed E-state index contributed by atoms with van der Waals surface area (Å²) in [6, 6.07) is 2.76. The molecule has 0 heterocycles. The first-order valence-electron chi connectivity index (χ1n) is 4.63. The van der Waals surface area contributed by atoms with Gasteiger partial charge in [0.05, 0.1) is 12.5 Å². The molecule has 0 radical (unpaired) electrons. The largest absolute Gasteiger partial charge is 0.494 e. The minimum atomic E-state index is -1.02. The van der Waals surface area contributed by atoms with Crippen LogP contribution < -0.4 is 4.74 Å². The number of carbonyl (C=O) groups excluding carboxylic acids is 1. The van der Waals surface area contributed by atoms with Crippen LogP contribution in [-0.2, 0) is 10.2 Å². The third-order valence-corrected chi connectivity index (χ3v) is 2.82. The summed E-state index contributed by atoms with van der Waals surface area (Å²) in [5.41, 5.74) is -0.659. The third kappa shape index (κ3) is 1.40. The van der Waals surface area contributed by atoms with E-state index in [9.17, 15) is 13.6 Å². The van der Waals surface area contributed by atoms with Gasteiger partial charge in [-0.3, -0.25) is 0 Å². The first kappa shape index (κ1) is 10.1. The molecule has 80 valence electrons. The molecule has 1 aromatic carbocycles. The lowest BCUT2D eigenvalue weighted by atomic mass is 9.97. The number of benzene rings is 1. The molecule has 0 bridgehead atoms. The van der Waals surface area contributed by atoms with Crippen LogP contribution in [0.4, 0.5) is 8.78 Å². The van der Waals surface area contributed by atoms with E-state index < -0.39 is 17.0 Å². The number of hydrogen-bond acceptors (Lipinski definition) is 2. The van der Waals surface area contributed by atoms with Gasteiger partial charge in [0.15, 0.2) is 11.6 Å². The molecule has 4 heteroatoms. The van der Waals surface area contributed by atoms with Gasteiger partial charge < -0.3 is 9.53 Å². The number of methoxy groups -OCH3 is 1. The molecule has 0 N–H and O–H groups in total. The summed E-state index contributed by atoms with van der Waals surface area (Å²) < 4.78 is 31.5. The molecule has 1 fully saturated rings. The Morgan fingerprint density at radius 1 is 1.33 bits per heavy atom. The highest BCUT2D eigenvalue weighted by atomic mass is 19.2. The van der Waals surface area contributed by atoms with Crippen LogP contribution in [0.1, 0.15) is 18.4 Å². The Labute approximate surface area is 85.9 Å². The summed E-state index contributed by atoms with van der Waals surface area (Å²) in [6.45, 7) is 0. The van der Waals surface area contributed by atoms with Crippen LogP contribution in [0.3, 0.4) is 0 Å². The van der Waals surface area contributed by atoms with Crippen molar-refractivity contribution >= 4 is 6.29 Å². The lowest BCUT2D eigenvalue weighted by Crippen LogP contribution is -2.12. The first-order chi connectivity index (χ1) is 7.14. The molecule has 2 nitrogen and oxygen atoms in total. The maximum Gasteiger partial charge on any atom is 0.200 e. The predicted octanol–water partition coefficient (Wildman–Crippen LogP) is 2.20. The van der Waals surface area contributed by atoms with Crippen molar-refractivity contribution in [2.75, 3.05) is 7.11 Å². The van der Waals surface area contributed by atoms with Crippen molar-refractivity contribution in [1.29, 1.82) is 0 Å². The second-order valence-electron chi connectivity index (χ2n) is 3.72. The van der Waals surface area contributed by atoms with E-state index in [-0.39, 0.29) is 11.3 Å². The first-order valence-corrected chi connectivity index (χ1v) is 4.63. The summed E-state index contributed by atoms with van der Waals surface area (Å²) in [6.07, 6.45) is 1.86. The fourth-order valence-electron chi connectivity index (χ4n) is 1.66. The average molecular weight is 212 g/mol. The molecular weight excluding hydrogens is 202 g/mol. The van der Waals surface area contributed by atoms with E-state index in [0.29, 0.717) is 19.1 Å². The molecule has 0 atom stereocenters. The number of aldehydes is 1. The molecule has 2 rings (SSSR count). The van der Waals surface area contributed by atoms with E-state index in [1.54, 1.807) is 0 Å². The van der Waals surface area contributed by atoms with Gasteiger partial charge in [-0.1, -0.05) is 6.07 Å². The van der Waals surface area contributed by atoms with E-state index in [0.717, 1.165) is 0 Å². The second kappa shape index (κ2) is 3.29. The molecule has 1 aliphatic carbocycles. The van der Waals surface area contributed by atoms with Crippen LogP contribution in [0.2, 0.25) is 0 Å². The van der Waals surface area contributed by atoms with E-state index in [1.165, 1.54) is 19.2 Å². The summed E-state index contributed by atoms with van der Waals surface area (Å²) in [7, 11) is 1.27. The predicted molar refractivity (Wildman–Crippen MR) is 49.9 cm³/mol. The van der Waals surface area contributed by atoms with Crippen molar-refractivity contribution in [3.05, 3.63) is 29.3 Å². The van der Waals surface area contributed by atoms with Gasteiger partial charge in [-0.2, -0.15) is 4.39 Å². The van der Waals surface area contributed by atoms with Crippen molar-refractivity contribution in [3.63, 3.8) is 0 Å². The van der Waals surface area contributed by atoms with Crippen LogP contribution in [0.25, 0.3) is 0 Å². The normalized spacial score (nSPS) is 17.3. The Hall–Kier alpha value is -1.45. The Morgan fingerprint density at radius 3 is 2.47 bits per heavy atom. The number of rotatable bonds is 3. The van der Waals surface area contributed by atoms with Crippen LogP contribution in [-0.4, -0.2) is 13.4 Å². The van der Waals surface area contributed by atoms with Gasteiger partial charge in [0.2, 0.25) is 5.82 Å². The maximum absolute atomic E-state index is 13.6. The molecule has 0 aliphatic heterocycles. The van der Waals surface area contributed by atoms with Crippen LogP contribution >= 0.6 is 0 Å². The number of carbonyl (C=O) groups is 1. The summed E-state index contributed by atoms with van der Waals surface area (Å²) in [5, 5.41) is 0. The molecule has 0 spiro atoms. The van der Waals surface area contributed by atoms with Crippen molar-refractivity contribution in [2.45, 2.75) is 18.3 Å². The van der Waals surface area contributed by atoms with E-state index in [1.807, 2.05) is 0 Å². The van der Waals surface area contributed by atoms with Gasteiger partial charge in [-0.15, -0.1) is 0 Å². The zero-order chi connectivity index (χ0) is 11.1. The SMILES string of the molecule is COc1ccc(C2(C=O)CC2)c(F)c1F. The minimum Gasteiger partial charge on any atom is -0.494 e. The lowest BCUT2D eigenvalue weighted by Gasteiger charge is -2.11. The lowest BCUT2D eigenvalue weighted by molar-refractivity contribution is -0.109. The third-order valence-electron chi connectivity index (χ3n) is 2.82. The van der Waals surface area contributed by atoms with Gasteiger partial charge in [0, 0.05) is 5.56 Å². The summed E-state index contributed by atoms with van der Waals surface area (Å²) in [5.74, 6) is -2.14. The molecule has 1 saturated carbocycles. The van der Waals surface area contributed by atoms with Gasteiger partial charge in [-0.25, -0.2) is 4.39 Å². The topological polar surface area (TPSA) is 26.3 Å². The Balaban J connectivity index is 2.51. The molecule has 0 saturated heterocycles. The van der Waals surface area contributed by atoms with Crippen molar-refractivity contribution in [1.82, 2.24) is 0 Å². The standard InChI is InChI=1S/C11H10F2O2/c1-15-8-3-2-7(9(12)10(8)13)11(6-14)4-5-11/h2-3,6H,4-5H2,1H3. The fraction of sp³-hybridized carbons (Fsp3) is 0.364. The average Bonchev–Trinajstić information content (AvgIpc) is 3.03. The summed E-state index contributed by atoms with van der Waals surface area (Å²) >= 11 is 0. The van der Waals surface area contributed by atoms with Crippen LogP contribution in [0.5, 0.6) is 5.75 Å². The van der Waals surface area contributed by atoms with Crippen LogP contribution in [0, 0.1) is 11.6 Å². The van der Waals surface area contributed by atoms with E-state index >= 15 is 0 Å². The minimum absolute atomic E-state index is 0.135. The van der Waals surface area contributed by atoms with Gasteiger partial charge in [0.25, 0.3) is 0 Å². The molecule has 0 aromatic heterocycles. The Bertz CT molecular complexity index is 411. The van der Waals surface area contributed by atoms with Gasteiger partial charge >= 0.3 is 0 Å². The molecule has 1 aliphatic rings. The number of ether oxygens (including phenoxy) is 1.